The topological polar surface area (TPSA) is 210 Å². The molecule has 9 N–H and O–H groups in total. The van der Waals surface area contributed by atoms with Gasteiger partial charge in [-0.2, -0.15) is 12.6 Å². The van der Waals surface area contributed by atoms with Crippen LogP contribution in [0.4, 0.5) is 0 Å². The second kappa shape index (κ2) is 15.4. The van der Waals surface area contributed by atoms with Crippen LogP contribution in [0.2, 0.25) is 0 Å². The van der Waals surface area contributed by atoms with Gasteiger partial charge in [0.1, 0.15) is 24.2 Å². The van der Waals surface area contributed by atoms with Gasteiger partial charge in [0, 0.05) is 18.7 Å². The predicted octanol–water partition coefficient (Wildman–Crippen LogP) is -2.31. The summed E-state index contributed by atoms with van der Waals surface area (Å²) in [5.41, 5.74) is 11.4. The third-order valence-corrected chi connectivity index (χ3v) is 6.16. The monoisotopic (exact) mass is 548 g/mol. The van der Waals surface area contributed by atoms with Crippen LogP contribution in [0.1, 0.15) is 31.7 Å². The number of benzene rings is 1. The van der Waals surface area contributed by atoms with Crippen molar-refractivity contribution in [3.05, 3.63) is 35.9 Å². The van der Waals surface area contributed by atoms with E-state index in [4.69, 9.17) is 11.5 Å². The second-order valence-corrected chi connectivity index (χ2v) is 9.12. The molecular formula is C24H36N8O5S. The molecule has 208 valence electrons. The van der Waals surface area contributed by atoms with Crippen molar-refractivity contribution in [2.75, 3.05) is 18.8 Å². The molecule has 1 aliphatic heterocycles. The largest absolute Gasteiger partial charge is 0.370 e. The molecule has 1 saturated heterocycles. The Morgan fingerprint density at radius 2 is 1.47 bits per heavy atom. The zero-order valence-electron chi connectivity index (χ0n) is 21.2. The molecule has 0 aromatic heterocycles. The van der Waals surface area contributed by atoms with Crippen LogP contribution >= 0.6 is 12.6 Å². The second-order valence-electron chi connectivity index (χ2n) is 8.75. The Bertz CT molecular complexity index is 1020. The molecule has 5 amide bonds. The van der Waals surface area contributed by atoms with Gasteiger partial charge in [0.25, 0.3) is 0 Å². The molecule has 1 fully saturated rings. The van der Waals surface area contributed by atoms with Gasteiger partial charge < -0.3 is 38.1 Å². The summed E-state index contributed by atoms with van der Waals surface area (Å²) >= 11 is 4.20. The van der Waals surface area contributed by atoms with Gasteiger partial charge in [-0.15, -0.1) is 0 Å². The lowest BCUT2D eigenvalue weighted by molar-refractivity contribution is -0.133. The smallest absolute Gasteiger partial charge is 0.244 e. The Balaban J connectivity index is 2.32. The summed E-state index contributed by atoms with van der Waals surface area (Å²) < 4.78 is 0. The maximum Gasteiger partial charge on any atom is 0.244 e. The first-order valence-corrected chi connectivity index (χ1v) is 13.0. The number of nitrogens with zero attached hydrogens (tertiary/aromatic N) is 1. The van der Waals surface area contributed by atoms with Crippen molar-refractivity contribution in [1.29, 1.82) is 0 Å². The van der Waals surface area contributed by atoms with E-state index in [0.29, 0.717) is 6.42 Å². The summed E-state index contributed by atoms with van der Waals surface area (Å²) in [5.74, 6) is -3.21. The number of guanidine groups is 1. The minimum atomic E-state index is -1.10. The fraction of sp³-hybridized carbons (Fsp3) is 0.500. The van der Waals surface area contributed by atoms with Crippen molar-refractivity contribution < 1.29 is 24.0 Å². The first-order chi connectivity index (χ1) is 18.1. The van der Waals surface area contributed by atoms with Crippen LogP contribution in [-0.2, 0) is 30.4 Å². The lowest BCUT2D eigenvalue weighted by Crippen LogP contribution is -2.58. The number of carbonyl (C=O) groups excluding carboxylic acids is 5. The zero-order valence-corrected chi connectivity index (χ0v) is 22.1. The van der Waals surface area contributed by atoms with E-state index in [1.165, 1.54) is 0 Å². The molecule has 1 aromatic rings. The van der Waals surface area contributed by atoms with E-state index >= 15 is 0 Å². The van der Waals surface area contributed by atoms with Gasteiger partial charge in [-0.3, -0.25) is 29.0 Å². The molecule has 0 saturated carbocycles. The van der Waals surface area contributed by atoms with Crippen LogP contribution in [-0.4, -0.2) is 78.5 Å². The minimum Gasteiger partial charge on any atom is -0.370 e. The lowest BCUT2D eigenvalue weighted by Gasteiger charge is -2.25. The number of hydrogen-bond acceptors (Lipinski definition) is 7. The number of rotatable bonds is 8. The molecule has 0 radical (unpaired) electrons. The molecule has 1 aliphatic rings. The molecule has 2 rings (SSSR count). The number of nitrogens with one attached hydrogen (secondary N) is 5. The first-order valence-electron chi connectivity index (χ1n) is 12.3. The molecule has 1 heterocycles. The molecule has 0 unspecified atom stereocenters. The van der Waals surface area contributed by atoms with Crippen molar-refractivity contribution in [2.24, 2.45) is 16.5 Å². The molecule has 1 aromatic carbocycles. The number of aliphatic imine (C=N–C) groups is 1. The highest BCUT2D eigenvalue weighted by Crippen LogP contribution is 2.07. The van der Waals surface area contributed by atoms with Gasteiger partial charge >= 0.3 is 0 Å². The Hall–Kier alpha value is -3.81. The highest BCUT2D eigenvalue weighted by atomic mass is 32.1. The average Bonchev–Trinajstić information content (AvgIpc) is 2.89. The van der Waals surface area contributed by atoms with Gasteiger partial charge in [-0.05, 0) is 24.8 Å². The Kier molecular flexibility index (Phi) is 12.4. The van der Waals surface area contributed by atoms with Crippen LogP contribution in [0.25, 0.3) is 0 Å². The number of hydrogen-bond donors (Lipinski definition) is 8. The Morgan fingerprint density at radius 1 is 0.868 bits per heavy atom. The van der Waals surface area contributed by atoms with E-state index in [1.54, 1.807) is 31.2 Å². The van der Waals surface area contributed by atoms with E-state index in [9.17, 15) is 24.0 Å². The number of carbonyl (C=O) groups is 5. The fourth-order valence-electron chi connectivity index (χ4n) is 3.73. The SMILES string of the molecule is CC[C@@H]1NC(=O)CNC(=O)[C@H](CCCN=C(N)N)NC(=O)[C@H](CS)NC(=O)[C@@H](Cc2ccccc2)NC1=O. The highest BCUT2D eigenvalue weighted by Gasteiger charge is 2.31. The van der Waals surface area contributed by atoms with Crippen molar-refractivity contribution in [3.63, 3.8) is 0 Å². The third-order valence-electron chi connectivity index (χ3n) is 5.79. The van der Waals surface area contributed by atoms with Crippen LogP contribution < -0.4 is 38.1 Å². The molecule has 0 spiro atoms. The molecule has 14 heteroatoms. The maximum absolute atomic E-state index is 13.3. The summed E-state index contributed by atoms with van der Waals surface area (Å²) in [5, 5.41) is 13.0. The van der Waals surface area contributed by atoms with E-state index in [2.05, 4.69) is 44.2 Å². The van der Waals surface area contributed by atoms with Gasteiger partial charge in [0.15, 0.2) is 5.96 Å². The van der Waals surface area contributed by atoms with Gasteiger partial charge in [-0.25, -0.2) is 0 Å². The van der Waals surface area contributed by atoms with Crippen molar-refractivity contribution >= 4 is 48.1 Å². The number of nitrogens with two attached hydrogens (primary N) is 2. The summed E-state index contributed by atoms with van der Waals surface area (Å²) in [6.07, 6.45) is 0.919. The lowest BCUT2D eigenvalue weighted by atomic mass is 10.0. The predicted molar refractivity (Wildman–Crippen MR) is 145 cm³/mol. The third kappa shape index (κ3) is 9.92. The zero-order chi connectivity index (χ0) is 28.1. The van der Waals surface area contributed by atoms with Crippen LogP contribution in [0, 0.1) is 0 Å². The minimum absolute atomic E-state index is 0.0659. The van der Waals surface area contributed by atoms with Crippen LogP contribution in [0.15, 0.2) is 35.3 Å². The number of amides is 5. The van der Waals surface area contributed by atoms with Crippen molar-refractivity contribution in [2.45, 2.75) is 56.8 Å². The standard InChI is InChI=1S/C24H36N8O5S/c1-2-15-21(35)31-17(11-14-7-4-3-5-8-14)22(36)32-18(13-38)23(37)30-16(9-6-10-27-24(25)26)20(34)28-12-19(33)29-15/h3-5,7-8,15-18,38H,2,6,9-13H2,1H3,(H,28,34)(H,29,33)(H,30,37)(H,31,35)(H,32,36)(H4,25,26,27)/t15-,16-,17+,18-/m0/s1. The molecule has 13 nitrogen and oxygen atoms in total. The molecular weight excluding hydrogens is 512 g/mol. The molecule has 0 aliphatic carbocycles. The summed E-state index contributed by atoms with van der Waals surface area (Å²) in [7, 11) is 0. The average molecular weight is 549 g/mol. The highest BCUT2D eigenvalue weighted by molar-refractivity contribution is 7.80. The van der Waals surface area contributed by atoms with Gasteiger partial charge in [-0.1, -0.05) is 37.3 Å². The van der Waals surface area contributed by atoms with E-state index < -0.39 is 60.2 Å². The summed E-state index contributed by atoms with van der Waals surface area (Å²) in [4.78, 5) is 68.5. The molecule has 38 heavy (non-hydrogen) atoms. The van der Waals surface area contributed by atoms with Gasteiger partial charge in [0.2, 0.25) is 29.5 Å². The van der Waals surface area contributed by atoms with Crippen molar-refractivity contribution in [3.8, 4) is 0 Å². The first kappa shape index (κ1) is 30.4. The fourth-order valence-corrected chi connectivity index (χ4v) is 3.99. The van der Waals surface area contributed by atoms with E-state index in [1.807, 2.05) is 6.07 Å². The van der Waals surface area contributed by atoms with E-state index in [0.717, 1.165) is 5.56 Å². The Morgan fingerprint density at radius 3 is 2.11 bits per heavy atom. The maximum atomic E-state index is 13.3. The Labute approximate surface area is 226 Å². The van der Waals surface area contributed by atoms with Gasteiger partial charge in [0.05, 0.1) is 6.54 Å². The molecule has 4 atom stereocenters. The summed E-state index contributed by atoms with van der Waals surface area (Å²) in [6.45, 7) is 1.52. The summed E-state index contributed by atoms with van der Waals surface area (Å²) in [6, 6.07) is 4.94. The number of thiol groups is 1. The van der Waals surface area contributed by atoms with E-state index in [-0.39, 0.29) is 37.5 Å². The normalized spacial score (nSPS) is 23.5. The van der Waals surface area contributed by atoms with Crippen LogP contribution in [0.3, 0.4) is 0 Å². The quantitative estimate of drug-likeness (QED) is 0.0769. The van der Waals surface area contributed by atoms with Crippen LogP contribution in [0.5, 0.6) is 0 Å². The molecule has 0 bridgehead atoms. The van der Waals surface area contributed by atoms with Crippen molar-refractivity contribution in [1.82, 2.24) is 26.6 Å².